The zero-order chi connectivity index (χ0) is 21.8. The maximum Gasteiger partial charge on any atom is 0.410 e. The summed E-state index contributed by atoms with van der Waals surface area (Å²) in [5, 5.41) is 6.72. The van der Waals surface area contributed by atoms with E-state index in [-0.39, 0.29) is 30.1 Å². The summed E-state index contributed by atoms with van der Waals surface area (Å²) in [7, 11) is 0. The Morgan fingerprint density at radius 1 is 1.10 bits per heavy atom. The predicted molar refractivity (Wildman–Crippen MR) is 136 cm³/mol. The summed E-state index contributed by atoms with van der Waals surface area (Å²) in [6, 6.07) is 0. The maximum atomic E-state index is 12.1. The van der Waals surface area contributed by atoms with Crippen molar-refractivity contribution in [2.45, 2.75) is 59.0 Å². The molecular formula is C22H44IN5O3. The van der Waals surface area contributed by atoms with E-state index < -0.39 is 5.60 Å². The van der Waals surface area contributed by atoms with Crippen molar-refractivity contribution < 1.29 is 14.3 Å². The molecule has 1 saturated carbocycles. The van der Waals surface area contributed by atoms with Crippen LogP contribution < -0.4 is 10.6 Å². The Bertz CT molecular complexity index is 530. The molecule has 8 nitrogen and oxygen atoms in total. The number of halogens is 1. The van der Waals surface area contributed by atoms with Crippen molar-refractivity contribution >= 4 is 36.0 Å². The summed E-state index contributed by atoms with van der Waals surface area (Å²) >= 11 is 0. The third-order valence-electron chi connectivity index (χ3n) is 5.08. The van der Waals surface area contributed by atoms with Crippen molar-refractivity contribution in [2.24, 2.45) is 10.9 Å². The topological polar surface area (TPSA) is 78.4 Å². The van der Waals surface area contributed by atoms with Crippen molar-refractivity contribution in [3.63, 3.8) is 0 Å². The van der Waals surface area contributed by atoms with Gasteiger partial charge in [0.25, 0.3) is 0 Å². The largest absolute Gasteiger partial charge is 0.444 e. The Hall–Kier alpha value is -0.810. The predicted octanol–water partition coefficient (Wildman–Crippen LogP) is 2.92. The number of nitrogens with one attached hydrogen (secondary N) is 2. The molecule has 0 bridgehead atoms. The molecule has 9 heteroatoms. The highest BCUT2D eigenvalue weighted by Crippen LogP contribution is 2.28. The van der Waals surface area contributed by atoms with Gasteiger partial charge in [0.1, 0.15) is 5.60 Å². The van der Waals surface area contributed by atoms with E-state index in [1.165, 1.54) is 12.8 Å². The van der Waals surface area contributed by atoms with Gasteiger partial charge in [-0.1, -0.05) is 0 Å². The normalized spacial score (nSPS) is 17.8. The number of carbonyl (C=O) groups is 1. The lowest BCUT2D eigenvalue weighted by Gasteiger charge is -2.35. The summed E-state index contributed by atoms with van der Waals surface area (Å²) in [6.07, 6.45) is 4.48. The minimum absolute atomic E-state index is 0. The average molecular weight is 554 g/mol. The van der Waals surface area contributed by atoms with Gasteiger partial charge < -0.3 is 25.0 Å². The average Bonchev–Trinajstić information content (AvgIpc) is 3.51. The summed E-state index contributed by atoms with van der Waals surface area (Å²) < 4.78 is 11.1. The van der Waals surface area contributed by atoms with E-state index >= 15 is 0 Å². The molecule has 0 aromatic rings. The lowest BCUT2D eigenvalue weighted by molar-refractivity contribution is 0.0145. The monoisotopic (exact) mass is 553 g/mol. The minimum atomic E-state index is -0.435. The number of rotatable bonds is 11. The van der Waals surface area contributed by atoms with Gasteiger partial charge in [-0.25, -0.2) is 4.79 Å². The maximum absolute atomic E-state index is 12.1. The van der Waals surface area contributed by atoms with Gasteiger partial charge in [-0.2, -0.15) is 0 Å². The molecule has 0 aromatic carbocycles. The van der Waals surface area contributed by atoms with Crippen LogP contribution in [0.1, 0.15) is 53.4 Å². The Morgan fingerprint density at radius 2 is 1.81 bits per heavy atom. The van der Waals surface area contributed by atoms with Crippen LogP contribution in [0.5, 0.6) is 0 Å². The molecule has 0 aromatic heterocycles. The van der Waals surface area contributed by atoms with Crippen LogP contribution in [0, 0.1) is 5.92 Å². The van der Waals surface area contributed by atoms with E-state index in [0.29, 0.717) is 0 Å². The van der Waals surface area contributed by atoms with E-state index in [0.717, 1.165) is 90.3 Å². The highest BCUT2D eigenvalue weighted by molar-refractivity contribution is 14.0. The van der Waals surface area contributed by atoms with Gasteiger partial charge in [0.15, 0.2) is 5.96 Å². The first-order chi connectivity index (χ1) is 14.4. The summed E-state index contributed by atoms with van der Waals surface area (Å²) in [5.41, 5.74) is -0.435. The van der Waals surface area contributed by atoms with E-state index in [4.69, 9.17) is 9.47 Å². The molecule has 2 N–H and O–H groups in total. The second kappa shape index (κ2) is 15.1. The Balaban J connectivity index is 0.00000480. The standard InChI is InChI=1S/C22H43N5O3.HI/c1-5-23-20(25-11-7-17-29-18-19-8-9-19)24-10-6-12-26-13-15-27(16-14-26)21(28)30-22(2,3)4;/h19H,5-18H2,1-4H3,(H2,23,24,25);1H. The van der Waals surface area contributed by atoms with Gasteiger partial charge in [-0.3, -0.25) is 9.89 Å². The number of amides is 1. The molecule has 2 fully saturated rings. The van der Waals surface area contributed by atoms with E-state index in [1.54, 1.807) is 0 Å². The fraction of sp³-hybridized carbons (Fsp3) is 0.909. The number of guanidine groups is 1. The zero-order valence-corrected chi connectivity index (χ0v) is 22.3. The van der Waals surface area contributed by atoms with Crippen LogP contribution in [-0.2, 0) is 9.47 Å². The Labute approximate surface area is 205 Å². The third kappa shape index (κ3) is 13.4. The zero-order valence-electron chi connectivity index (χ0n) is 20.0. The number of carbonyl (C=O) groups excluding carboxylic acids is 1. The highest BCUT2D eigenvalue weighted by Gasteiger charge is 2.25. The molecule has 1 heterocycles. The van der Waals surface area contributed by atoms with Gasteiger partial charge in [-0.05, 0) is 65.8 Å². The van der Waals surface area contributed by atoms with Crippen molar-refractivity contribution in [1.82, 2.24) is 20.4 Å². The summed E-state index contributed by atoms with van der Waals surface area (Å²) in [5.74, 6) is 1.71. The summed E-state index contributed by atoms with van der Waals surface area (Å²) in [6.45, 7) is 16.3. The molecule has 2 aliphatic rings. The molecular weight excluding hydrogens is 509 g/mol. The molecule has 0 atom stereocenters. The molecule has 31 heavy (non-hydrogen) atoms. The second-order valence-corrected chi connectivity index (χ2v) is 9.22. The SMILES string of the molecule is CCNC(=NCCCOCC1CC1)NCCCN1CCN(C(=O)OC(C)(C)C)CC1.I. The van der Waals surface area contributed by atoms with E-state index in [1.807, 2.05) is 25.7 Å². The number of aliphatic imine (C=N–C) groups is 1. The van der Waals surface area contributed by atoms with Crippen LogP contribution in [0.25, 0.3) is 0 Å². The van der Waals surface area contributed by atoms with Crippen molar-refractivity contribution in [3.8, 4) is 0 Å². The molecule has 1 saturated heterocycles. The molecule has 0 radical (unpaired) electrons. The van der Waals surface area contributed by atoms with Crippen LogP contribution in [0.3, 0.4) is 0 Å². The number of hydrogen-bond donors (Lipinski definition) is 2. The molecule has 1 aliphatic carbocycles. The number of hydrogen-bond acceptors (Lipinski definition) is 5. The molecule has 1 aliphatic heterocycles. The van der Waals surface area contributed by atoms with Crippen LogP contribution in [0.15, 0.2) is 4.99 Å². The fourth-order valence-electron chi connectivity index (χ4n) is 3.22. The first kappa shape index (κ1) is 28.2. The second-order valence-electron chi connectivity index (χ2n) is 9.22. The highest BCUT2D eigenvalue weighted by atomic mass is 127. The molecule has 182 valence electrons. The molecule has 0 unspecified atom stereocenters. The Morgan fingerprint density at radius 3 is 2.42 bits per heavy atom. The molecule has 2 rings (SSSR count). The lowest BCUT2D eigenvalue weighted by Crippen LogP contribution is -2.50. The van der Waals surface area contributed by atoms with Crippen LogP contribution >= 0.6 is 24.0 Å². The number of nitrogens with zero attached hydrogens (tertiary/aromatic N) is 3. The van der Waals surface area contributed by atoms with Gasteiger partial charge in [-0.15, -0.1) is 24.0 Å². The minimum Gasteiger partial charge on any atom is -0.444 e. The van der Waals surface area contributed by atoms with E-state index in [2.05, 4.69) is 27.4 Å². The quantitative estimate of drug-likeness (QED) is 0.177. The van der Waals surface area contributed by atoms with Gasteiger partial charge in [0, 0.05) is 59.0 Å². The van der Waals surface area contributed by atoms with Gasteiger partial charge in [0.05, 0.1) is 0 Å². The third-order valence-corrected chi connectivity index (χ3v) is 5.08. The van der Waals surface area contributed by atoms with Crippen molar-refractivity contribution in [3.05, 3.63) is 0 Å². The van der Waals surface area contributed by atoms with Crippen LogP contribution in [0.2, 0.25) is 0 Å². The van der Waals surface area contributed by atoms with Crippen molar-refractivity contribution in [2.75, 3.05) is 65.6 Å². The van der Waals surface area contributed by atoms with Gasteiger partial charge >= 0.3 is 6.09 Å². The number of piperazine rings is 1. The first-order valence-electron chi connectivity index (χ1n) is 11.7. The first-order valence-corrected chi connectivity index (χ1v) is 11.7. The van der Waals surface area contributed by atoms with Crippen molar-refractivity contribution in [1.29, 1.82) is 0 Å². The lowest BCUT2D eigenvalue weighted by atomic mass is 10.2. The van der Waals surface area contributed by atoms with Crippen LogP contribution in [-0.4, -0.2) is 93.0 Å². The smallest absolute Gasteiger partial charge is 0.410 e. The van der Waals surface area contributed by atoms with E-state index in [9.17, 15) is 4.79 Å². The molecule has 0 spiro atoms. The number of ether oxygens (including phenoxy) is 2. The fourth-order valence-corrected chi connectivity index (χ4v) is 3.22. The van der Waals surface area contributed by atoms with Crippen LogP contribution in [0.4, 0.5) is 4.79 Å². The molecule has 1 amide bonds. The Kier molecular flexibility index (Phi) is 13.8. The summed E-state index contributed by atoms with van der Waals surface area (Å²) in [4.78, 5) is 21.0. The van der Waals surface area contributed by atoms with Gasteiger partial charge in [0.2, 0.25) is 0 Å².